The van der Waals surface area contributed by atoms with Crippen LogP contribution >= 0.6 is 0 Å². The third kappa shape index (κ3) is 7.45. The minimum absolute atomic E-state index is 0.714. The summed E-state index contributed by atoms with van der Waals surface area (Å²) >= 11 is 0. The van der Waals surface area contributed by atoms with E-state index in [9.17, 15) is 0 Å². The average Bonchev–Trinajstić information content (AvgIpc) is 2.81. The molecule has 2 aromatic carbocycles. The lowest BCUT2D eigenvalue weighted by Crippen LogP contribution is -2.19. The summed E-state index contributed by atoms with van der Waals surface area (Å²) in [6, 6.07) is 16.2. The van der Waals surface area contributed by atoms with E-state index in [1.54, 1.807) is 0 Å². The molecule has 2 aromatic rings. The van der Waals surface area contributed by atoms with E-state index in [0.29, 0.717) is 5.92 Å². The van der Waals surface area contributed by atoms with Crippen LogP contribution in [0.5, 0.6) is 11.5 Å². The molecular weight excluding hydrogens is 368 g/mol. The fraction of sp³-hybridized carbons (Fsp3) is 0.500. The third-order valence-corrected chi connectivity index (χ3v) is 6.11. The fourth-order valence-electron chi connectivity index (χ4n) is 3.98. The van der Waals surface area contributed by atoms with Crippen LogP contribution in [-0.4, -0.2) is 13.2 Å². The van der Waals surface area contributed by atoms with Gasteiger partial charge in [-0.25, -0.2) is 0 Å². The van der Waals surface area contributed by atoms with Gasteiger partial charge in [-0.1, -0.05) is 57.8 Å². The first-order valence-electron chi connectivity index (χ1n) is 11.7. The molecule has 0 aliphatic heterocycles. The van der Waals surface area contributed by atoms with Gasteiger partial charge in [0.2, 0.25) is 0 Å². The van der Waals surface area contributed by atoms with Crippen molar-refractivity contribution in [3.63, 3.8) is 0 Å². The molecule has 160 valence electrons. The lowest BCUT2D eigenvalue weighted by atomic mass is 9.81. The molecule has 0 heterocycles. The molecule has 1 fully saturated rings. The lowest BCUT2D eigenvalue weighted by Gasteiger charge is -2.27. The molecule has 0 radical (unpaired) electrons. The van der Waals surface area contributed by atoms with Crippen LogP contribution in [0.3, 0.4) is 0 Å². The molecule has 30 heavy (non-hydrogen) atoms. The molecule has 0 aromatic heterocycles. The molecule has 0 N–H and O–H groups in total. The van der Waals surface area contributed by atoms with Gasteiger partial charge in [0.05, 0.1) is 13.2 Å². The van der Waals surface area contributed by atoms with E-state index in [1.807, 2.05) is 48.5 Å². The van der Waals surface area contributed by atoms with Crippen LogP contribution in [0.1, 0.15) is 76.3 Å². The molecule has 0 unspecified atom stereocenters. The van der Waals surface area contributed by atoms with Gasteiger partial charge in [0, 0.05) is 11.1 Å². The number of benzene rings is 2. The van der Waals surface area contributed by atoms with Crippen LogP contribution < -0.4 is 9.47 Å². The predicted octanol–water partition coefficient (Wildman–Crippen LogP) is 7.25. The van der Waals surface area contributed by atoms with E-state index >= 15 is 0 Å². The molecule has 2 nitrogen and oxygen atoms in total. The van der Waals surface area contributed by atoms with Gasteiger partial charge in [0.25, 0.3) is 0 Å². The second kappa shape index (κ2) is 12.3. The van der Waals surface area contributed by atoms with Gasteiger partial charge in [-0.05, 0) is 79.6 Å². The summed E-state index contributed by atoms with van der Waals surface area (Å²) in [5.74, 6) is 9.99. The highest BCUT2D eigenvalue weighted by atomic mass is 16.5. The van der Waals surface area contributed by atoms with E-state index in [1.165, 1.54) is 44.9 Å². The largest absolute Gasteiger partial charge is 0.494 e. The van der Waals surface area contributed by atoms with E-state index in [0.717, 1.165) is 48.2 Å². The minimum atomic E-state index is 0.714. The van der Waals surface area contributed by atoms with Crippen molar-refractivity contribution >= 4 is 0 Å². The van der Waals surface area contributed by atoms with Crippen molar-refractivity contribution < 1.29 is 9.47 Å². The molecular formula is C28H36O2. The van der Waals surface area contributed by atoms with E-state index < -0.39 is 0 Å². The van der Waals surface area contributed by atoms with Crippen LogP contribution in [0, 0.1) is 23.7 Å². The van der Waals surface area contributed by atoms with Gasteiger partial charge in [0.1, 0.15) is 11.5 Å². The summed E-state index contributed by atoms with van der Waals surface area (Å²) in [5, 5.41) is 0. The first-order chi connectivity index (χ1) is 14.8. The average molecular weight is 405 g/mol. The highest BCUT2D eigenvalue weighted by Gasteiger charge is 2.20. The summed E-state index contributed by atoms with van der Waals surface area (Å²) in [6.45, 7) is 6.14. The Morgan fingerprint density at radius 3 is 1.77 bits per heavy atom. The molecule has 1 saturated carbocycles. The second-order valence-corrected chi connectivity index (χ2v) is 8.46. The SMILES string of the molecule is CCCCCOc1ccc(C#Cc2ccc(OCC3CCC(CC)CC3)cc2)cc1. The first kappa shape index (κ1) is 22.3. The van der Waals surface area contributed by atoms with E-state index in [4.69, 9.17) is 9.47 Å². The Hall–Kier alpha value is -2.40. The summed E-state index contributed by atoms with van der Waals surface area (Å²) in [7, 11) is 0. The highest BCUT2D eigenvalue weighted by molar-refractivity contribution is 5.45. The van der Waals surface area contributed by atoms with Gasteiger partial charge >= 0.3 is 0 Å². The van der Waals surface area contributed by atoms with Crippen LogP contribution in [0.15, 0.2) is 48.5 Å². The van der Waals surface area contributed by atoms with Crippen molar-refractivity contribution in [3.05, 3.63) is 59.7 Å². The van der Waals surface area contributed by atoms with E-state index in [-0.39, 0.29) is 0 Å². The first-order valence-corrected chi connectivity index (χ1v) is 11.7. The zero-order valence-electron chi connectivity index (χ0n) is 18.7. The van der Waals surface area contributed by atoms with Crippen molar-refractivity contribution in [1.29, 1.82) is 0 Å². The smallest absolute Gasteiger partial charge is 0.119 e. The Morgan fingerprint density at radius 1 is 0.700 bits per heavy atom. The molecule has 0 bridgehead atoms. The quantitative estimate of drug-likeness (QED) is 0.324. The number of rotatable bonds is 9. The zero-order valence-corrected chi connectivity index (χ0v) is 18.7. The zero-order chi connectivity index (χ0) is 21.0. The van der Waals surface area contributed by atoms with E-state index in [2.05, 4.69) is 25.7 Å². The van der Waals surface area contributed by atoms with Gasteiger partial charge < -0.3 is 9.47 Å². The molecule has 1 aliphatic carbocycles. The number of hydrogen-bond acceptors (Lipinski definition) is 2. The maximum Gasteiger partial charge on any atom is 0.119 e. The van der Waals surface area contributed by atoms with Crippen LogP contribution in [-0.2, 0) is 0 Å². The monoisotopic (exact) mass is 404 g/mol. The number of hydrogen-bond donors (Lipinski definition) is 0. The van der Waals surface area contributed by atoms with Gasteiger partial charge in [-0.3, -0.25) is 0 Å². The van der Waals surface area contributed by atoms with Crippen LogP contribution in [0.25, 0.3) is 0 Å². The fourth-order valence-corrected chi connectivity index (χ4v) is 3.98. The Bertz CT molecular complexity index is 787. The molecule has 0 atom stereocenters. The van der Waals surface area contributed by atoms with Crippen molar-refractivity contribution in [3.8, 4) is 23.3 Å². The maximum atomic E-state index is 6.03. The Labute approximate surface area is 183 Å². The molecule has 0 amide bonds. The Morgan fingerprint density at radius 2 is 1.23 bits per heavy atom. The number of unbranched alkanes of at least 4 members (excludes halogenated alkanes) is 2. The Kier molecular flexibility index (Phi) is 9.16. The summed E-state index contributed by atoms with van der Waals surface area (Å²) in [6.07, 6.45) is 10.2. The molecule has 3 rings (SSSR count). The second-order valence-electron chi connectivity index (χ2n) is 8.46. The van der Waals surface area contributed by atoms with Crippen molar-refractivity contribution in [2.45, 2.75) is 65.2 Å². The van der Waals surface area contributed by atoms with Gasteiger partial charge in [-0.15, -0.1) is 0 Å². The predicted molar refractivity (Wildman–Crippen MR) is 125 cm³/mol. The molecule has 0 saturated heterocycles. The molecule has 1 aliphatic rings. The Balaban J connectivity index is 1.44. The maximum absolute atomic E-state index is 6.03. The minimum Gasteiger partial charge on any atom is -0.494 e. The normalized spacial score (nSPS) is 18.3. The van der Waals surface area contributed by atoms with Crippen molar-refractivity contribution in [2.24, 2.45) is 11.8 Å². The van der Waals surface area contributed by atoms with Crippen molar-refractivity contribution in [1.82, 2.24) is 0 Å². The lowest BCUT2D eigenvalue weighted by molar-refractivity contribution is 0.181. The van der Waals surface area contributed by atoms with Crippen LogP contribution in [0.4, 0.5) is 0 Å². The molecule has 2 heteroatoms. The standard InChI is InChI=1S/C28H36O2/c1-3-5-6-21-29-27-17-13-24(14-18-27)9-10-25-15-19-28(20-16-25)30-22-26-11-7-23(4-2)8-12-26/h13-20,23,26H,3-8,11-12,21-22H2,1-2H3. The third-order valence-electron chi connectivity index (χ3n) is 6.11. The van der Waals surface area contributed by atoms with Gasteiger partial charge in [-0.2, -0.15) is 0 Å². The number of ether oxygens (including phenoxy) is 2. The van der Waals surface area contributed by atoms with Crippen LogP contribution in [0.2, 0.25) is 0 Å². The van der Waals surface area contributed by atoms with Crippen molar-refractivity contribution in [2.75, 3.05) is 13.2 Å². The summed E-state index contributed by atoms with van der Waals surface area (Å²) < 4.78 is 11.8. The van der Waals surface area contributed by atoms with Gasteiger partial charge in [0.15, 0.2) is 0 Å². The summed E-state index contributed by atoms with van der Waals surface area (Å²) in [4.78, 5) is 0. The molecule has 0 spiro atoms. The summed E-state index contributed by atoms with van der Waals surface area (Å²) in [5.41, 5.74) is 2.00. The highest BCUT2D eigenvalue weighted by Crippen LogP contribution is 2.31. The topological polar surface area (TPSA) is 18.5 Å².